The number of nitrogens with zero attached hydrogens (tertiary/aromatic N) is 3. The molecule has 0 aliphatic rings. The highest BCUT2D eigenvalue weighted by atomic mass is 19.1. The molecule has 26 heavy (non-hydrogen) atoms. The van der Waals surface area contributed by atoms with Gasteiger partial charge in [0.25, 0.3) is 5.91 Å². The molecule has 0 spiro atoms. The number of carbonyl (C=O) groups excluding carboxylic acids is 1. The van der Waals surface area contributed by atoms with Crippen molar-refractivity contribution in [2.45, 2.75) is 26.0 Å². The highest BCUT2D eigenvalue weighted by molar-refractivity contribution is 5.92. The molecule has 1 N–H and O–H groups in total. The first-order valence-corrected chi connectivity index (χ1v) is 7.98. The summed E-state index contributed by atoms with van der Waals surface area (Å²) in [5, 5.41) is 2.83. The van der Waals surface area contributed by atoms with Crippen molar-refractivity contribution in [3.05, 3.63) is 72.2 Å². The molecule has 0 bridgehead atoms. The predicted molar refractivity (Wildman–Crippen MR) is 89.9 cm³/mol. The van der Waals surface area contributed by atoms with E-state index in [1.54, 1.807) is 18.6 Å². The third-order valence-corrected chi connectivity index (χ3v) is 3.47. The van der Waals surface area contributed by atoms with Gasteiger partial charge in [0, 0.05) is 31.1 Å². The maximum absolute atomic E-state index is 12.8. The van der Waals surface area contributed by atoms with Gasteiger partial charge in [-0.05, 0) is 31.2 Å². The molecule has 0 unspecified atom stereocenters. The Bertz CT molecular complexity index is 852. The van der Waals surface area contributed by atoms with Crippen molar-refractivity contribution in [1.29, 1.82) is 0 Å². The van der Waals surface area contributed by atoms with Gasteiger partial charge in [-0.15, -0.1) is 0 Å². The van der Waals surface area contributed by atoms with Crippen LogP contribution < -0.4 is 10.1 Å². The van der Waals surface area contributed by atoms with E-state index >= 15 is 0 Å². The average Bonchev–Trinajstić information content (AvgIpc) is 3.11. The minimum atomic E-state index is -0.349. The number of hydrogen-bond donors (Lipinski definition) is 1. The first-order chi connectivity index (χ1) is 12.6. The first kappa shape index (κ1) is 17.5. The minimum Gasteiger partial charge on any atom is -0.484 e. The van der Waals surface area contributed by atoms with Crippen LogP contribution in [0.15, 0.2) is 53.5 Å². The van der Waals surface area contributed by atoms with Gasteiger partial charge in [-0.25, -0.2) is 9.37 Å². The van der Waals surface area contributed by atoms with Crippen LogP contribution in [0.4, 0.5) is 4.39 Å². The van der Waals surface area contributed by atoms with Crippen LogP contribution in [-0.4, -0.2) is 26.9 Å². The van der Waals surface area contributed by atoms with Gasteiger partial charge in [-0.2, -0.15) is 0 Å². The second kappa shape index (κ2) is 8.19. The number of oxazole rings is 1. The van der Waals surface area contributed by atoms with Crippen molar-refractivity contribution in [3.63, 3.8) is 0 Å². The molecule has 0 saturated heterocycles. The van der Waals surface area contributed by atoms with Crippen molar-refractivity contribution in [2.75, 3.05) is 0 Å². The highest BCUT2D eigenvalue weighted by Gasteiger charge is 2.15. The van der Waals surface area contributed by atoms with Gasteiger partial charge in [0.2, 0.25) is 5.89 Å². The molecule has 1 aromatic carbocycles. The minimum absolute atomic E-state index is 0.0358. The number of rotatable bonds is 7. The lowest BCUT2D eigenvalue weighted by atomic mass is 10.2. The molecule has 0 fully saturated rings. The Morgan fingerprint density at radius 2 is 2.12 bits per heavy atom. The molecule has 0 radical (unpaired) electrons. The standard InChI is InChI=1S/C18H17FN4O3/c1-12(8-14-9-20-6-7-21-14)22-18(24)16-10-26-17(23-16)11-25-15-4-2-13(19)3-5-15/h2-7,9-10,12H,8,11H2,1H3,(H,22,24)/t12-/m1/s1. The molecule has 1 atom stereocenters. The zero-order chi connectivity index (χ0) is 18.4. The van der Waals surface area contributed by atoms with Crippen molar-refractivity contribution in [3.8, 4) is 5.75 Å². The van der Waals surface area contributed by atoms with E-state index in [1.807, 2.05) is 6.92 Å². The summed E-state index contributed by atoms with van der Waals surface area (Å²) in [5.41, 5.74) is 0.947. The Labute approximate surface area is 149 Å². The number of nitrogens with one attached hydrogen (secondary N) is 1. The van der Waals surface area contributed by atoms with E-state index in [1.165, 1.54) is 30.5 Å². The third-order valence-electron chi connectivity index (χ3n) is 3.47. The van der Waals surface area contributed by atoms with Gasteiger partial charge in [0.1, 0.15) is 17.8 Å². The zero-order valence-electron chi connectivity index (χ0n) is 14.1. The lowest BCUT2D eigenvalue weighted by molar-refractivity contribution is 0.0935. The molecule has 2 aromatic heterocycles. The van der Waals surface area contributed by atoms with Crippen LogP contribution in [-0.2, 0) is 13.0 Å². The average molecular weight is 356 g/mol. The van der Waals surface area contributed by atoms with E-state index in [9.17, 15) is 9.18 Å². The highest BCUT2D eigenvalue weighted by Crippen LogP contribution is 2.13. The summed E-state index contributed by atoms with van der Waals surface area (Å²) in [4.78, 5) is 24.5. The monoisotopic (exact) mass is 356 g/mol. The van der Waals surface area contributed by atoms with Crippen molar-refractivity contribution in [2.24, 2.45) is 0 Å². The van der Waals surface area contributed by atoms with Gasteiger partial charge >= 0.3 is 0 Å². The lowest BCUT2D eigenvalue weighted by Gasteiger charge is -2.11. The smallest absolute Gasteiger partial charge is 0.273 e. The van der Waals surface area contributed by atoms with Crippen LogP contribution in [0.2, 0.25) is 0 Å². The molecular weight excluding hydrogens is 339 g/mol. The fraction of sp³-hybridized carbons (Fsp3) is 0.222. The molecule has 1 amide bonds. The van der Waals surface area contributed by atoms with Crippen LogP contribution >= 0.6 is 0 Å². The van der Waals surface area contributed by atoms with Gasteiger partial charge in [0.05, 0.1) is 5.69 Å². The van der Waals surface area contributed by atoms with E-state index in [0.717, 1.165) is 5.69 Å². The quantitative estimate of drug-likeness (QED) is 0.700. The normalized spacial score (nSPS) is 11.8. The molecule has 0 aliphatic heterocycles. The largest absolute Gasteiger partial charge is 0.484 e. The van der Waals surface area contributed by atoms with Crippen LogP contribution in [0.25, 0.3) is 0 Å². The molecular formula is C18H17FN4O3. The molecule has 3 rings (SSSR count). The van der Waals surface area contributed by atoms with E-state index in [0.29, 0.717) is 12.2 Å². The van der Waals surface area contributed by atoms with Gasteiger partial charge in [-0.1, -0.05) is 0 Å². The van der Waals surface area contributed by atoms with E-state index in [-0.39, 0.29) is 36.0 Å². The van der Waals surface area contributed by atoms with E-state index < -0.39 is 0 Å². The van der Waals surface area contributed by atoms with Crippen LogP contribution in [0.5, 0.6) is 5.75 Å². The Kier molecular flexibility index (Phi) is 5.52. The summed E-state index contributed by atoms with van der Waals surface area (Å²) in [7, 11) is 0. The zero-order valence-corrected chi connectivity index (χ0v) is 14.1. The molecule has 2 heterocycles. The SMILES string of the molecule is C[C@H](Cc1cnccn1)NC(=O)c1coc(COc2ccc(F)cc2)n1. The van der Waals surface area contributed by atoms with Crippen molar-refractivity contribution < 1.29 is 18.3 Å². The molecule has 0 aliphatic carbocycles. The molecule has 134 valence electrons. The summed E-state index contributed by atoms with van der Waals surface area (Å²) < 4.78 is 23.5. The van der Waals surface area contributed by atoms with E-state index in [4.69, 9.17) is 9.15 Å². The number of aromatic nitrogens is 3. The fourth-order valence-electron chi connectivity index (χ4n) is 2.26. The summed E-state index contributed by atoms with van der Waals surface area (Å²) in [5.74, 6) is 0.0375. The summed E-state index contributed by atoms with van der Waals surface area (Å²) in [6.45, 7) is 1.90. The van der Waals surface area contributed by atoms with Crippen LogP contribution in [0.3, 0.4) is 0 Å². The summed E-state index contributed by atoms with van der Waals surface area (Å²) in [6, 6.07) is 5.44. The van der Waals surface area contributed by atoms with Gasteiger partial charge in [0.15, 0.2) is 12.3 Å². The first-order valence-electron chi connectivity index (χ1n) is 7.98. The fourth-order valence-corrected chi connectivity index (χ4v) is 2.26. The number of ether oxygens (including phenoxy) is 1. The van der Waals surface area contributed by atoms with Gasteiger partial charge in [-0.3, -0.25) is 14.8 Å². The Morgan fingerprint density at radius 1 is 1.31 bits per heavy atom. The maximum Gasteiger partial charge on any atom is 0.273 e. The molecule has 0 saturated carbocycles. The number of amides is 1. The van der Waals surface area contributed by atoms with Crippen LogP contribution in [0, 0.1) is 5.82 Å². The topological polar surface area (TPSA) is 90.1 Å². The second-order valence-electron chi connectivity index (χ2n) is 5.64. The Hall–Kier alpha value is -3.29. The lowest BCUT2D eigenvalue weighted by Crippen LogP contribution is -2.34. The molecule has 8 heteroatoms. The number of halogens is 1. The van der Waals surface area contributed by atoms with Crippen molar-refractivity contribution in [1.82, 2.24) is 20.3 Å². The summed E-state index contributed by atoms with van der Waals surface area (Å²) >= 11 is 0. The number of hydrogen-bond acceptors (Lipinski definition) is 6. The maximum atomic E-state index is 12.8. The van der Waals surface area contributed by atoms with Crippen molar-refractivity contribution >= 4 is 5.91 Å². The Morgan fingerprint density at radius 3 is 2.85 bits per heavy atom. The molecule has 7 nitrogen and oxygen atoms in total. The van der Waals surface area contributed by atoms with Gasteiger partial charge < -0.3 is 14.5 Å². The Balaban J connectivity index is 1.51. The van der Waals surface area contributed by atoms with Crippen LogP contribution in [0.1, 0.15) is 29.0 Å². The predicted octanol–water partition coefficient (Wildman–Crippen LogP) is 2.54. The second-order valence-corrected chi connectivity index (χ2v) is 5.64. The number of benzene rings is 1. The third kappa shape index (κ3) is 4.85. The summed E-state index contributed by atoms with van der Waals surface area (Å²) in [6.07, 6.45) is 6.68. The van der Waals surface area contributed by atoms with E-state index in [2.05, 4.69) is 20.3 Å². The molecule has 3 aromatic rings. The number of carbonyl (C=O) groups is 1.